The maximum atomic E-state index is 12.4. The predicted molar refractivity (Wildman–Crippen MR) is 78.1 cm³/mol. The highest BCUT2D eigenvalue weighted by Crippen LogP contribution is 2.40. The molecule has 0 radical (unpaired) electrons. The summed E-state index contributed by atoms with van der Waals surface area (Å²) in [5, 5.41) is 0. The summed E-state index contributed by atoms with van der Waals surface area (Å²) in [5.74, 6) is -0.489. The van der Waals surface area contributed by atoms with Gasteiger partial charge in [0.25, 0.3) is 0 Å². The summed E-state index contributed by atoms with van der Waals surface area (Å²) >= 11 is 0. The molecule has 0 saturated carbocycles. The van der Waals surface area contributed by atoms with Crippen LogP contribution >= 0.6 is 0 Å². The van der Waals surface area contributed by atoms with Crippen LogP contribution in [0.5, 0.6) is 0 Å². The highest BCUT2D eigenvalue weighted by atomic mass is 32.3. The first-order valence-corrected chi connectivity index (χ1v) is 9.46. The summed E-state index contributed by atoms with van der Waals surface area (Å²) < 4.78 is 62.6. The van der Waals surface area contributed by atoms with Gasteiger partial charge in [0.2, 0.25) is 0 Å². The average molecular weight is 342 g/mol. The smallest absolute Gasteiger partial charge is 0.374 e. The van der Waals surface area contributed by atoms with Crippen LogP contribution in [0.1, 0.15) is 33.6 Å². The second-order valence-electron chi connectivity index (χ2n) is 5.64. The van der Waals surface area contributed by atoms with Crippen LogP contribution in [0.25, 0.3) is 0 Å². The van der Waals surface area contributed by atoms with Crippen LogP contribution in [-0.2, 0) is 29.2 Å². The van der Waals surface area contributed by atoms with E-state index in [-0.39, 0.29) is 0 Å². The Morgan fingerprint density at radius 2 is 1.81 bits per heavy atom. The van der Waals surface area contributed by atoms with Crippen molar-refractivity contribution in [2.75, 3.05) is 19.5 Å². The minimum atomic E-state index is -4.63. The molecular formula is C12H22O7S2. The zero-order valence-corrected chi connectivity index (χ0v) is 14.3. The highest BCUT2D eigenvalue weighted by molar-refractivity contribution is 7.93. The normalized spacial score (nSPS) is 31.0. The van der Waals surface area contributed by atoms with E-state index < -0.39 is 42.9 Å². The third-order valence-corrected chi connectivity index (χ3v) is 7.11. The lowest BCUT2D eigenvalue weighted by molar-refractivity contribution is 0.0227. The van der Waals surface area contributed by atoms with Crippen molar-refractivity contribution in [3.8, 4) is 0 Å². The number of ether oxygens (including phenoxy) is 1. The van der Waals surface area contributed by atoms with Crippen molar-refractivity contribution in [3.63, 3.8) is 0 Å². The Balaban J connectivity index is 2.93. The van der Waals surface area contributed by atoms with Gasteiger partial charge in [-0.25, -0.2) is 12.6 Å². The molecule has 1 N–H and O–H groups in total. The lowest BCUT2D eigenvalue weighted by Crippen LogP contribution is -2.44. The third kappa shape index (κ3) is 4.26. The van der Waals surface area contributed by atoms with Gasteiger partial charge in [0, 0.05) is 7.11 Å². The third-order valence-electron chi connectivity index (χ3n) is 4.20. The number of sulfone groups is 1. The average Bonchev–Trinajstić information content (AvgIpc) is 2.32. The largest absolute Gasteiger partial charge is 0.397 e. The molecule has 1 rings (SSSR count). The summed E-state index contributed by atoms with van der Waals surface area (Å²) in [4.78, 5) is 0. The molecule has 0 bridgehead atoms. The fourth-order valence-electron chi connectivity index (χ4n) is 2.36. The Hall–Kier alpha value is -0.480. The molecule has 0 spiro atoms. The standard InChI is InChI=1S/C12H22O7S2/c1-10-9-11(2,5-6-12(10,3)18-4)20(13,14)8-7-19-21(15,16)17/h9H,5-8H2,1-4H3,(H,15,16,17). The van der Waals surface area contributed by atoms with Crippen molar-refractivity contribution < 1.29 is 30.3 Å². The van der Waals surface area contributed by atoms with Gasteiger partial charge in [-0.2, -0.15) is 8.42 Å². The molecule has 0 aliphatic heterocycles. The van der Waals surface area contributed by atoms with Crippen LogP contribution in [0.2, 0.25) is 0 Å². The van der Waals surface area contributed by atoms with Gasteiger partial charge in [-0.05, 0) is 39.2 Å². The summed E-state index contributed by atoms with van der Waals surface area (Å²) in [6, 6.07) is 0. The van der Waals surface area contributed by atoms with Crippen molar-refractivity contribution in [1.29, 1.82) is 0 Å². The van der Waals surface area contributed by atoms with Gasteiger partial charge < -0.3 is 4.74 Å². The van der Waals surface area contributed by atoms with Crippen LogP contribution < -0.4 is 0 Å². The Morgan fingerprint density at radius 3 is 2.24 bits per heavy atom. The van der Waals surface area contributed by atoms with E-state index >= 15 is 0 Å². The number of hydrogen-bond acceptors (Lipinski definition) is 6. The van der Waals surface area contributed by atoms with Crippen LogP contribution in [0.3, 0.4) is 0 Å². The maximum Gasteiger partial charge on any atom is 0.397 e. The molecule has 1 aliphatic carbocycles. The topological polar surface area (TPSA) is 107 Å². The van der Waals surface area contributed by atoms with Crippen molar-refractivity contribution >= 4 is 20.2 Å². The number of rotatable bonds is 6. The van der Waals surface area contributed by atoms with Gasteiger partial charge in [-0.3, -0.25) is 4.55 Å². The van der Waals surface area contributed by atoms with Crippen molar-refractivity contribution in [2.45, 2.75) is 44.0 Å². The molecule has 0 aromatic rings. The second-order valence-corrected chi connectivity index (χ2v) is 9.31. The zero-order chi connectivity index (χ0) is 16.5. The van der Waals surface area contributed by atoms with Crippen LogP contribution in [0, 0.1) is 0 Å². The highest BCUT2D eigenvalue weighted by Gasteiger charge is 2.44. The van der Waals surface area contributed by atoms with Gasteiger partial charge in [-0.15, -0.1) is 0 Å². The lowest BCUT2D eigenvalue weighted by Gasteiger charge is -2.40. The van der Waals surface area contributed by atoms with Gasteiger partial charge in [0.15, 0.2) is 9.84 Å². The molecule has 0 aromatic carbocycles. The first-order valence-electron chi connectivity index (χ1n) is 6.44. The second kappa shape index (κ2) is 5.96. The molecule has 2 atom stereocenters. The van der Waals surface area contributed by atoms with E-state index in [4.69, 9.17) is 9.29 Å². The van der Waals surface area contributed by atoms with E-state index in [1.54, 1.807) is 20.1 Å². The molecule has 0 aromatic heterocycles. The molecule has 9 heteroatoms. The molecule has 0 heterocycles. The Morgan fingerprint density at radius 1 is 1.24 bits per heavy atom. The van der Waals surface area contributed by atoms with Crippen LogP contribution in [0.15, 0.2) is 11.6 Å². The number of hydrogen-bond donors (Lipinski definition) is 1. The van der Waals surface area contributed by atoms with Gasteiger partial charge >= 0.3 is 10.4 Å². The molecule has 2 unspecified atom stereocenters. The van der Waals surface area contributed by atoms with E-state index in [1.165, 1.54) is 0 Å². The zero-order valence-electron chi connectivity index (χ0n) is 12.6. The summed E-state index contributed by atoms with van der Waals surface area (Å²) in [6.45, 7) is 4.69. The minimum absolute atomic E-state index is 0.364. The molecule has 0 fully saturated rings. The molecule has 21 heavy (non-hydrogen) atoms. The van der Waals surface area contributed by atoms with E-state index in [9.17, 15) is 16.8 Å². The molecule has 7 nitrogen and oxygen atoms in total. The predicted octanol–water partition coefficient (Wildman–Crippen LogP) is 1.12. The molecular weight excluding hydrogens is 320 g/mol. The van der Waals surface area contributed by atoms with Crippen molar-refractivity contribution in [2.24, 2.45) is 0 Å². The maximum absolute atomic E-state index is 12.4. The van der Waals surface area contributed by atoms with E-state index in [0.717, 1.165) is 5.57 Å². The van der Waals surface area contributed by atoms with Crippen LogP contribution in [-0.4, -0.2) is 51.2 Å². The SMILES string of the molecule is COC1(C)CCC(C)(S(=O)(=O)CCOS(=O)(=O)O)C=C1C. The van der Waals surface area contributed by atoms with E-state index in [2.05, 4.69) is 4.18 Å². The first-order chi connectivity index (χ1) is 9.35. The van der Waals surface area contributed by atoms with E-state index in [1.807, 2.05) is 13.8 Å². The summed E-state index contributed by atoms with van der Waals surface area (Å²) in [6.07, 6.45) is 2.56. The summed E-state index contributed by atoms with van der Waals surface area (Å²) in [5.41, 5.74) is 0.331. The Bertz CT molecular complexity index is 620. The Kier molecular flexibility index (Phi) is 5.27. The van der Waals surface area contributed by atoms with Crippen molar-refractivity contribution in [3.05, 3.63) is 11.6 Å². The van der Waals surface area contributed by atoms with Gasteiger partial charge in [-0.1, -0.05) is 6.08 Å². The molecule has 124 valence electrons. The van der Waals surface area contributed by atoms with E-state index in [0.29, 0.717) is 12.8 Å². The van der Waals surface area contributed by atoms with Crippen LogP contribution in [0.4, 0.5) is 0 Å². The van der Waals surface area contributed by atoms with Gasteiger partial charge in [0.05, 0.1) is 22.7 Å². The monoisotopic (exact) mass is 342 g/mol. The summed E-state index contributed by atoms with van der Waals surface area (Å²) in [7, 11) is -6.68. The lowest BCUT2D eigenvalue weighted by atomic mass is 9.81. The van der Waals surface area contributed by atoms with Gasteiger partial charge in [0.1, 0.15) is 0 Å². The Labute approximate surface area is 126 Å². The molecule has 1 aliphatic rings. The molecule has 0 saturated heterocycles. The fourth-order valence-corrected chi connectivity index (χ4v) is 4.30. The fraction of sp³-hybridized carbons (Fsp3) is 0.833. The number of methoxy groups -OCH3 is 1. The molecule has 0 amide bonds. The first kappa shape index (κ1) is 18.6. The van der Waals surface area contributed by atoms with Crippen molar-refractivity contribution in [1.82, 2.24) is 0 Å². The quantitative estimate of drug-likeness (QED) is 0.569. The minimum Gasteiger partial charge on any atom is -0.374 e.